The molecule has 0 radical (unpaired) electrons. The van der Waals surface area contributed by atoms with E-state index in [0.717, 1.165) is 17.8 Å². The number of aromatic nitrogens is 2. The second kappa shape index (κ2) is 4.48. The Hall–Kier alpha value is -0.770. The summed E-state index contributed by atoms with van der Waals surface area (Å²) in [6, 6.07) is 0.921. The predicted octanol–water partition coefficient (Wildman–Crippen LogP) is 3.05. The molecular weight excluding hydrogens is 238 g/mol. The van der Waals surface area contributed by atoms with Gasteiger partial charge in [0.05, 0.1) is 0 Å². The highest BCUT2D eigenvalue weighted by molar-refractivity contribution is 6.16. The summed E-state index contributed by atoms with van der Waals surface area (Å²) in [6.45, 7) is 2.22. The lowest BCUT2D eigenvalue weighted by Crippen LogP contribution is -2.30. The molecule has 2 fully saturated rings. The number of alkyl halides is 1. The molecular formula is C12H18ClN3O. The van der Waals surface area contributed by atoms with Gasteiger partial charge in [-0.15, -0.1) is 16.7 Å². The normalized spacial score (nSPS) is 32.9. The summed E-state index contributed by atoms with van der Waals surface area (Å²) in [5.41, 5.74) is 0. The van der Waals surface area contributed by atoms with Crippen molar-refractivity contribution >= 4 is 17.6 Å². The van der Waals surface area contributed by atoms with Crippen LogP contribution in [0.1, 0.15) is 38.5 Å². The van der Waals surface area contributed by atoms with Gasteiger partial charge in [0.1, 0.15) is 5.88 Å². The van der Waals surface area contributed by atoms with Gasteiger partial charge in [0, 0.05) is 6.04 Å². The summed E-state index contributed by atoms with van der Waals surface area (Å²) in [7, 11) is 0. The maximum absolute atomic E-state index is 5.63. The molecule has 1 heterocycles. The van der Waals surface area contributed by atoms with Gasteiger partial charge < -0.3 is 9.73 Å². The lowest BCUT2D eigenvalue weighted by molar-refractivity contribution is 0.301. The molecule has 0 aromatic carbocycles. The Kier molecular flexibility index (Phi) is 2.99. The Bertz CT molecular complexity index is 395. The molecule has 3 rings (SSSR count). The van der Waals surface area contributed by atoms with E-state index in [9.17, 15) is 0 Å². The van der Waals surface area contributed by atoms with Crippen LogP contribution < -0.4 is 5.32 Å². The van der Waals surface area contributed by atoms with E-state index in [-0.39, 0.29) is 5.88 Å². The van der Waals surface area contributed by atoms with E-state index >= 15 is 0 Å². The van der Waals surface area contributed by atoms with Gasteiger partial charge in [-0.3, -0.25) is 0 Å². The largest absolute Gasteiger partial charge is 0.407 e. The van der Waals surface area contributed by atoms with E-state index in [1.165, 1.54) is 25.7 Å². The fourth-order valence-corrected chi connectivity index (χ4v) is 3.68. The lowest BCUT2D eigenvalue weighted by Gasteiger charge is -2.27. The zero-order valence-corrected chi connectivity index (χ0v) is 10.8. The van der Waals surface area contributed by atoms with Crippen molar-refractivity contribution in [1.82, 2.24) is 10.2 Å². The predicted molar refractivity (Wildman–Crippen MR) is 65.9 cm³/mol. The summed E-state index contributed by atoms with van der Waals surface area (Å²) < 4.78 is 5.38. The zero-order valence-electron chi connectivity index (χ0n) is 10.0. The van der Waals surface area contributed by atoms with Crippen LogP contribution in [-0.4, -0.2) is 16.2 Å². The molecule has 2 bridgehead atoms. The van der Waals surface area contributed by atoms with E-state index in [2.05, 4.69) is 22.4 Å². The number of anilines is 1. The van der Waals surface area contributed by atoms with Crippen LogP contribution in [-0.2, 0) is 5.88 Å². The molecule has 0 saturated heterocycles. The Morgan fingerprint density at radius 2 is 2.29 bits per heavy atom. The lowest BCUT2D eigenvalue weighted by atomic mass is 9.84. The van der Waals surface area contributed by atoms with Crippen LogP contribution in [0.4, 0.5) is 6.01 Å². The van der Waals surface area contributed by atoms with Crippen LogP contribution in [0.15, 0.2) is 4.42 Å². The van der Waals surface area contributed by atoms with Crippen molar-refractivity contribution in [2.24, 2.45) is 17.8 Å². The molecule has 4 atom stereocenters. The van der Waals surface area contributed by atoms with Crippen molar-refractivity contribution in [2.75, 3.05) is 5.32 Å². The second-order valence-corrected chi connectivity index (χ2v) is 5.67. The van der Waals surface area contributed by atoms with E-state index < -0.39 is 0 Å². The molecule has 1 N–H and O–H groups in total. The van der Waals surface area contributed by atoms with Crippen LogP contribution in [0.3, 0.4) is 0 Å². The minimum absolute atomic E-state index is 0.275. The van der Waals surface area contributed by atoms with Gasteiger partial charge in [-0.1, -0.05) is 11.5 Å². The van der Waals surface area contributed by atoms with Gasteiger partial charge in [0.2, 0.25) is 5.89 Å². The van der Waals surface area contributed by atoms with Crippen LogP contribution in [0, 0.1) is 17.8 Å². The number of hydrogen-bond donors (Lipinski definition) is 1. The first-order valence-electron chi connectivity index (χ1n) is 6.41. The van der Waals surface area contributed by atoms with Gasteiger partial charge in [-0.25, -0.2) is 0 Å². The number of nitrogens with zero attached hydrogens (tertiary/aromatic N) is 2. The molecule has 94 valence electrons. The molecule has 17 heavy (non-hydrogen) atoms. The van der Waals surface area contributed by atoms with Gasteiger partial charge >= 0.3 is 6.01 Å². The molecule has 1 aromatic heterocycles. The average Bonchev–Trinajstić information content (AvgIpc) is 3.04. The van der Waals surface area contributed by atoms with Crippen molar-refractivity contribution in [3.05, 3.63) is 5.89 Å². The average molecular weight is 256 g/mol. The molecule has 0 spiro atoms. The summed E-state index contributed by atoms with van der Waals surface area (Å²) in [5, 5.41) is 11.1. The minimum Gasteiger partial charge on any atom is -0.407 e. The molecule has 2 saturated carbocycles. The SMILES string of the molecule is CC(Nc1nnc(CCl)o1)C1CC2CCC1C2. The molecule has 0 aliphatic heterocycles. The molecule has 4 unspecified atom stereocenters. The smallest absolute Gasteiger partial charge is 0.315 e. The van der Waals surface area contributed by atoms with E-state index in [0.29, 0.717) is 17.9 Å². The third-order valence-corrected chi connectivity index (χ3v) is 4.60. The van der Waals surface area contributed by atoms with Crippen LogP contribution in [0.25, 0.3) is 0 Å². The third kappa shape index (κ3) is 2.15. The Morgan fingerprint density at radius 1 is 1.41 bits per heavy atom. The van der Waals surface area contributed by atoms with Crippen molar-refractivity contribution in [3.8, 4) is 0 Å². The number of fused-ring (bicyclic) bond motifs is 2. The van der Waals surface area contributed by atoms with Crippen molar-refractivity contribution < 1.29 is 4.42 Å². The van der Waals surface area contributed by atoms with E-state index in [4.69, 9.17) is 16.0 Å². The zero-order chi connectivity index (χ0) is 11.8. The summed E-state index contributed by atoms with van der Waals surface area (Å²) in [5.74, 6) is 3.39. The summed E-state index contributed by atoms with van der Waals surface area (Å²) in [4.78, 5) is 0. The monoisotopic (exact) mass is 255 g/mol. The molecule has 0 amide bonds. The van der Waals surface area contributed by atoms with E-state index in [1.54, 1.807) is 0 Å². The van der Waals surface area contributed by atoms with E-state index in [1.807, 2.05) is 0 Å². The molecule has 5 heteroatoms. The highest BCUT2D eigenvalue weighted by atomic mass is 35.5. The second-order valence-electron chi connectivity index (χ2n) is 5.41. The number of hydrogen-bond acceptors (Lipinski definition) is 4. The fourth-order valence-electron chi connectivity index (χ4n) is 3.57. The van der Waals surface area contributed by atoms with Crippen molar-refractivity contribution in [2.45, 2.75) is 44.5 Å². The maximum Gasteiger partial charge on any atom is 0.315 e. The van der Waals surface area contributed by atoms with Crippen LogP contribution >= 0.6 is 11.6 Å². The molecule has 4 nitrogen and oxygen atoms in total. The van der Waals surface area contributed by atoms with Gasteiger partial charge in [-0.2, -0.15) is 0 Å². The Morgan fingerprint density at radius 3 is 2.88 bits per heavy atom. The third-order valence-electron chi connectivity index (χ3n) is 4.37. The number of rotatable bonds is 4. The minimum atomic E-state index is 0.275. The van der Waals surface area contributed by atoms with Gasteiger partial charge in [-0.05, 0) is 43.9 Å². The fraction of sp³-hybridized carbons (Fsp3) is 0.833. The quantitative estimate of drug-likeness (QED) is 0.841. The summed E-state index contributed by atoms with van der Waals surface area (Å²) >= 11 is 5.63. The Balaban J connectivity index is 1.61. The first kappa shape index (κ1) is 11.3. The molecule has 1 aromatic rings. The highest BCUT2D eigenvalue weighted by Gasteiger charge is 2.42. The maximum atomic E-state index is 5.63. The first-order chi connectivity index (χ1) is 8.26. The van der Waals surface area contributed by atoms with Gasteiger partial charge in [0.15, 0.2) is 0 Å². The van der Waals surface area contributed by atoms with Crippen molar-refractivity contribution in [1.29, 1.82) is 0 Å². The molecule has 2 aliphatic carbocycles. The highest BCUT2D eigenvalue weighted by Crippen LogP contribution is 2.49. The standard InChI is InChI=1S/C12H18ClN3O/c1-7(10-5-8-2-3-9(10)4-8)14-12-16-15-11(6-13)17-12/h7-10H,2-6H2,1H3,(H,14,16). The van der Waals surface area contributed by atoms with Crippen LogP contribution in [0.5, 0.6) is 0 Å². The Labute approximate surface area is 106 Å². The summed E-state index contributed by atoms with van der Waals surface area (Å²) in [6.07, 6.45) is 5.62. The number of halogens is 1. The van der Waals surface area contributed by atoms with Gasteiger partial charge in [0.25, 0.3) is 0 Å². The molecule has 2 aliphatic rings. The topological polar surface area (TPSA) is 51.0 Å². The van der Waals surface area contributed by atoms with Crippen molar-refractivity contribution in [3.63, 3.8) is 0 Å². The number of nitrogens with one attached hydrogen (secondary N) is 1. The first-order valence-corrected chi connectivity index (χ1v) is 6.94. The van der Waals surface area contributed by atoms with Crippen LogP contribution in [0.2, 0.25) is 0 Å².